The Balaban J connectivity index is 0.000000460. The maximum atomic E-state index is 13.1. The van der Waals surface area contributed by atoms with Gasteiger partial charge in [0.2, 0.25) is 0 Å². The molecule has 2 aromatic heterocycles. The minimum Gasteiger partial charge on any atom is -0.682 e. The first-order valence-corrected chi connectivity index (χ1v) is 30.6. The zero-order valence-electron chi connectivity index (χ0n) is 40.4. The molecule has 69 heavy (non-hydrogen) atoms. The molecule has 0 fully saturated rings. The van der Waals surface area contributed by atoms with Gasteiger partial charge < -0.3 is 14.9 Å². The van der Waals surface area contributed by atoms with Gasteiger partial charge in [-0.05, 0) is 70.9 Å². The van der Waals surface area contributed by atoms with Crippen LogP contribution in [0, 0.1) is 129 Å². The van der Waals surface area contributed by atoms with E-state index in [0.717, 1.165) is 11.4 Å². The fourth-order valence-corrected chi connectivity index (χ4v) is 7.76. The van der Waals surface area contributed by atoms with Crippen LogP contribution in [-0.4, -0.2) is 34.7 Å². The predicted octanol–water partition coefficient (Wildman–Crippen LogP) is 17.4. The van der Waals surface area contributed by atoms with Crippen LogP contribution in [0.25, 0.3) is 26.3 Å². The molecule has 377 valence electrons. The number of hydrogen-bond acceptors (Lipinski definition) is 2. The molecule has 0 aliphatic heterocycles. The van der Waals surface area contributed by atoms with Crippen molar-refractivity contribution in [1.82, 2.24) is 9.97 Å². The molecule has 0 bridgehead atoms. The van der Waals surface area contributed by atoms with Gasteiger partial charge in [-0.3, -0.25) is 9.97 Å². The molecular formula is C45H51CeF15N5Si3. The first kappa shape index (κ1) is 63.4. The summed E-state index contributed by atoms with van der Waals surface area (Å²) in [5.41, 5.74) is 1.49. The third-order valence-corrected chi connectivity index (χ3v) is 11.1. The average molecular weight is 1170 g/mol. The van der Waals surface area contributed by atoms with Gasteiger partial charge in [0.1, 0.15) is 34.9 Å². The van der Waals surface area contributed by atoms with E-state index in [0.29, 0.717) is 0 Å². The molecule has 1 radical (unpaired) electrons. The molecule has 0 N–H and O–H groups in total. The number of hydrogen-bond donors (Lipinski definition) is 0. The molecular weight excluding hydrogens is 1120 g/mol. The first-order chi connectivity index (χ1) is 30.6. The summed E-state index contributed by atoms with van der Waals surface area (Å²) in [4.78, 5) is 19.8. The van der Waals surface area contributed by atoms with Crippen LogP contribution in [0.1, 0.15) is 52.7 Å². The van der Waals surface area contributed by atoms with Gasteiger partial charge in [-0.25, -0.2) is 65.9 Å². The maximum absolute atomic E-state index is 13.1. The summed E-state index contributed by atoms with van der Waals surface area (Å²) in [5, 5.41) is 0. The number of rotatable bonds is 7. The number of nitrogens with zero attached hydrogens (tertiary/aromatic N) is 5. The quantitative estimate of drug-likeness (QED) is 0.0705. The summed E-state index contributed by atoms with van der Waals surface area (Å²) < 4.78 is 193. The molecule has 5 nitrogen and oxygen atoms in total. The molecule has 5 rings (SSSR count). The van der Waals surface area contributed by atoms with Crippen molar-refractivity contribution in [3.8, 4) is 11.4 Å². The molecule has 5 aromatic rings. The molecule has 2 heterocycles. The van der Waals surface area contributed by atoms with Crippen molar-refractivity contribution in [2.45, 2.75) is 111 Å². The number of pyridine rings is 2. The van der Waals surface area contributed by atoms with Crippen LogP contribution in [0.4, 0.5) is 82.9 Å². The Morgan fingerprint density at radius 1 is 0.333 bits per heavy atom. The summed E-state index contributed by atoms with van der Waals surface area (Å²) in [6.45, 7) is 27.8. The van der Waals surface area contributed by atoms with E-state index in [9.17, 15) is 65.9 Å². The van der Waals surface area contributed by atoms with Crippen LogP contribution in [0.3, 0.4) is 0 Å². The molecule has 24 heteroatoms. The van der Waals surface area contributed by atoms with Crippen molar-refractivity contribution in [3.63, 3.8) is 0 Å². The van der Waals surface area contributed by atoms with Crippen LogP contribution >= 0.6 is 0 Å². The predicted molar refractivity (Wildman–Crippen MR) is 243 cm³/mol. The van der Waals surface area contributed by atoms with Crippen molar-refractivity contribution in [2.75, 3.05) is 0 Å². The summed E-state index contributed by atoms with van der Waals surface area (Å²) >= 11 is 0. The van der Waals surface area contributed by atoms with E-state index >= 15 is 0 Å². The smallest absolute Gasteiger partial charge is 0.682 e. The van der Waals surface area contributed by atoms with E-state index in [1.165, 1.54) is 11.1 Å². The van der Waals surface area contributed by atoms with Crippen LogP contribution < -0.4 is 0 Å². The van der Waals surface area contributed by atoms with Crippen molar-refractivity contribution in [3.05, 3.63) is 150 Å². The van der Waals surface area contributed by atoms with Crippen LogP contribution in [0.15, 0.2) is 36.7 Å². The van der Waals surface area contributed by atoms with E-state index in [4.69, 9.17) is 0 Å². The van der Waals surface area contributed by atoms with Gasteiger partial charge in [0, 0.05) is 12.4 Å². The standard InChI is InChI=1S/C18H24N2.3C9H9F5NSi.Ce/c1-17(2,3)13-7-9-19-15(11-13)16-12-14(8-10-20-16)18(4,5)6;3*1-16(2,3)15-9-7(13)5(11)4(10)6(12)8(9)14;/h7-12H,1-6H3;3*1-3H3;/q;3*-1;+3. The normalized spacial score (nSPS) is 11.8. The second-order valence-corrected chi connectivity index (χ2v) is 33.7. The Kier molecular flexibility index (Phi) is 22.2. The topological polar surface area (TPSA) is 68.1 Å². The second kappa shape index (κ2) is 24.2. The van der Waals surface area contributed by atoms with Gasteiger partial charge in [-0.2, -0.15) is 0 Å². The molecule has 0 atom stereocenters. The van der Waals surface area contributed by atoms with Gasteiger partial charge in [0.05, 0.1) is 11.4 Å². The second-order valence-electron chi connectivity index (χ2n) is 20.0. The molecule has 3 aromatic carbocycles. The Hall–Kier alpha value is -3.66. The fraction of sp³-hybridized carbons (Fsp3) is 0.378. The summed E-state index contributed by atoms with van der Waals surface area (Å²) in [5.74, 6) is -29.5. The summed E-state index contributed by atoms with van der Waals surface area (Å²) in [6, 6.07) is 8.46. The van der Waals surface area contributed by atoms with E-state index in [-0.39, 0.29) is 52.6 Å². The zero-order valence-corrected chi connectivity index (χ0v) is 46.5. The van der Waals surface area contributed by atoms with Gasteiger partial charge in [-0.1, -0.05) is 118 Å². The minimum absolute atomic E-state index is 0. The number of benzene rings is 3. The molecule has 0 aliphatic rings. The van der Waals surface area contributed by atoms with Crippen molar-refractivity contribution in [2.24, 2.45) is 0 Å². The first-order valence-electron chi connectivity index (χ1n) is 20.3. The zero-order chi connectivity index (χ0) is 53.0. The number of aromatic nitrogens is 2. The van der Waals surface area contributed by atoms with Gasteiger partial charge >= 0.3 is 41.7 Å². The summed E-state index contributed by atoms with van der Waals surface area (Å²) in [7, 11) is -7.00. The van der Waals surface area contributed by atoms with Gasteiger partial charge in [-0.15, -0.1) is 0 Å². The SMILES string of the molecule is CC(C)(C)c1ccnc(-c2cc(C(C)(C)C)ccn2)c1.C[Si](C)(C)[N-]c1c(F)c(F)c(F)c(F)c1F.C[Si](C)(C)[N-]c1c(F)c(F)c(F)c(F)c1F.C[Si](C)(C)[N-]c1c(F)c(F)c(F)c(F)c1F.[Ce+3]. The molecule has 0 spiro atoms. The molecule has 0 saturated carbocycles. The third-order valence-electron chi connectivity index (χ3n) is 8.42. The minimum atomic E-state index is -2.33. The number of halogens is 15. The van der Waals surface area contributed by atoms with E-state index in [1.807, 2.05) is 12.4 Å². The monoisotopic (exact) mass is 1170 g/mol. The Labute approximate surface area is 429 Å². The van der Waals surface area contributed by atoms with Crippen molar-refractivity contribution < 1.29 is 108 Å². The van der Waals surface area contributed by atoms with Crippen molar-refractivity contribution in [1.29, 1.82) is 0 Å². The van der Waals surface area contributed by atoms with E-state index < -0.39 is 129 Å². The third kappa shape index (κ3) is 17.6. The van der Waals surface area contributed by atoms with E-state index in [2.05, 4.69) is 90.7 Å². The van der Waals surface area contributed by atoms with E-state index in [1.54, 1.807) is 58.9 Å². The molecule has 0 saturated heterocycles. The molecule has 0 amide bonds. The van der Waals surface area contributed by atoms with Crippen molar-refractivity contribution >= 4 is 41.8 Å². The van der Waals surface area contributed by atoms with Gasteiger partial charge in [0.25, 0.3) is 0 Å². The van der Waals surface area contributed by atoms with Gasteiger partial charge in [0.15, 0.2) is 52.4 Å². The molecule has 0 unspecified atom stereocenters. The Morgan fingerprint density at radius 3 is 0.667 bits per heavy atom. The summed E-state index contributed by atoms with van der Waals surface area (Å²) in [6.07, 6.45) is 3.75. The Bertz CT molecular complexity index is 2270. The average Bonchev–Trinajstić information content (AvgIpc) is 3.23. The van der Waals surface area contributed by atoms with Crippen LogP contribution in [0.5, 0.6) is 0 Å². The Morgan fingerprint density at radius 2 is 0.507 bits per heavy atom. The fourth-order valence-electron chi connectivity index (χ4n) is 5.15. The maximum Gasteiger partial charge on any atom is 3.00 e. The largest absolute Gasteiger partial charge is 3.00 e. The van der Waals surface area contributed by atoms with Crippen LogP contribution in [0.2, 0.25) is 58.9 Å². The van der Waals surface area contributed by atoms with Crippen LogP contribution in [-0.2, 0) is 10.8 Å². The molecule has 0 aliphatic carbocycles.